The third-order valence-corrected chi connectivity index (χ3v) is 6.48. The number of hydrogen-bond acceptors (Lipinski definition) is 4. The minimum absolute atomic E-state index is 0.0383. The molecule has 5 nitrogen and oxygen atoms in total. The minimum atomic E-state index is -3.67. The van der Waals surface area contributed by atoms with E-state index in [1.54, 1.807) is 19.2 Å². The number of sulfonamides is 1. The average molecular weight is 306 g/mol. The van der Waals surface area contributed by atoms with Gasteiger partial charge in [-0.15, -0.1) is 0 Å². The van der Waals surface area contributed by atoms with Crippen LogP contribution in [0.1, 0.15) is 31.2 Å². The molecule has 2 fully saturated rings. The number of hydrogen-bond donors (Lipinski definition) is 1. The van der Waals surface area contributed by atoms with Crippen molar-refractivity contribution in [1.82, 2.24) is 4.72 Å². The SMILES string of the molecule is CO[C@@H]1C[C@@H](NS(=O)(=O)c2ccccc2C#N)C12CCC2. The van der Waals surface area contributed by atoms with Crippen molar-refractivity contribution >= 4 is 10.0 Å². The van der Waals surface area contributed by atoms with E-state index in [1.807, 2.05) is 6.07 Å². The summed E-state index contributed by atoms with van der Waals surface area (Å²) in [7, 11) is -1.99. The molecule has 0 saturated heterocycles. The Labute approximate surface area is 125 Å². The van der Waals surface area contributed by atoms with Gasteiger partial charge in [-0.3, -0.25) is 0 Å². The molecule has 6 heteroatoms. The summed E-state index contributed by atoms with van der Waals surface area (Å²) in [6.45, 7) is 0. The zero-order valence-corrected chi connectivity index (χ0v) is 12.7. The lowest BCUT2D eigenvalue weighted by atomic mass is 9.51. The molecule has 0 aliphatic heterocycles. The highest BCUT2D eigenvalue weighted by Crippen LogP contribution is 2.57. The maximum absolute atomic E-state index is 12.5. The van der Waals surface area contributed by atoms with Gasteiger partial charge in [-0.2, -0.15) is 5.26 Å². The first-order valence-corrected chi connectivity index (χ1v) is 8.56. The van der Waals surface area contributed by atoms with Crippen LogP contribution in [-0.2, 0) is 14.8 Å². The predicted molar refractivity (Wildman–Crippen MR) is 77.0 cm³/mol. The van der Waals surface area contributed by atoms with Crippen LogP contribution in [0.15, 0.2) is 29.2 Å². The Morgan fingerprint density at radius 1 is 1.38 bits per heavy atom. The van der Waals surface area contributed by atoms with E-state index in [1.165, 1.54) is 12.1 Å². The molecular formula is C15H18N2O3S. The van der Waals surface area contributed by atoms with Gasteiger partial charge >= 0.3 is 0 Å². The fraction of sp³-hybridized carbons (Fsp3) is 0.533. The Morgan fingerprint density at radius 2 is 2.10 bits per heavy atom. The van der Waals surface area contributed by atoms with Crippen molar-refractivity contribution in [1.29, 1.82) is 5.26 Å². The van der Waals surface area contributed by atoms with E-state index in [4.69, 9.17) is 10.00 Å². The maximum Gasteiger partial charge on any atom is 0.242 e. The van der Waals surface area contributed by atoms with E-state index in [0.29, 0.717) is 6.42 Å². The van der Waals surface area contributed by atoms with Gasteiger partial charge in [-0.1, -0.05) is 18.6 Å². The van der Waals surface area contributed by atoms with E-state index in [-0.39, 0.29) is 28.0 Å². The first kappa shape index (κ1) is 14.5. The summed E-state index contributed by atoms with van der Waals surface area (Å²) in [6.07, 6.45) is 3.96. The van der Waals surface area contributed by atoms with Gasteiger partial charge in [0.2, 0.25) is 10.0 Å². The summed E-state index contributed by atoms with van der Waals surface area (Å²) in [5.74, 6) is 0. The fourth-order valence-electron chi connectivity index (χ4n) is 3.54. The van der Waals surface area contributed by atoms with Gasteiger partial charge in [0.1, 0.15) is 6.07 Å². The molecule has 1 aromatic carbocycles. The first-order valence-electron chi connectivity index (χ1n) is 7.08. The molecule has 0 heterocycles. The third-order valence-electron chi connectivity index (χ3n) is 4.95. The van der Waals surface area contributed by atoms with Gasteiger partial charge < -0.3 is 4.74 Å². The largest absolute Gasteiger partial charge is 0.381 e. The lowest BCUT2D eigenvalue weighted by Gasteiger charge is -2.60. The Kier molecular flexibility index (Phi) is 3.52. The molecule has 1 N–H and O–H groups in total. The van der Waals surface area contributed by atoms with E-state index in [0.717, 1.165) is 19.3 Å². The summed E-state index contributed by atoms with van der Waals surface area (Å²) in [6, 6.07) is 8.13. The highest BCUT2D eigenvalue weighted by molar-refractivity contribution is 7.89. The highest BCUT2D eigenvalue weighted by Gasteiger charge is 2.59. The molecule has 2 aliphatic rings. The Morgan fingerprint density at radius 3 is 2.67 bits per heavy atom. The van der Waals surface area contributed by atoms with E-state index < -0.39 is 10.0 Å². The normalized spacial score (nSPS) is 26.7. The Balaban J connectivity index is 1.83. The van der Waals surface area contributed by atoms with E-state index >= 15 is 0 Å². The average Bonchev–Trinajstić information content (AvgIpc) is 2.41. The second-order valence-corrected chi connectivity index (χ2v) is 7.51. The number of nitrogens with zero attached hydrogens (tertiary/aromatic N) is 1. The zero-order chi connectivity index (χ0) is 15.1. The molecule has 0 aromatic heterocycles. The molecule has 2 saturated carbocycles. The molecule has 3 rings (SSSR count). The molecule has 0 unspecified atom stereocenters. The number of nitriles is 1. The second kappa shape index (κ2) is 5.09. The summed E-state index contributed by atoms with van der Waals surface area (Å²) in [5, 5.41) is 9.06. The Bertz CT molecular complexity index is 689. The lowest BCUT2D eigenvalue weighted by molar-refractivity contribution is -0.155. The lowest BCUT2D eigenvalue weighted by Crippen LogP contribution is -2.67. The van der Waals surface area contributed by atoms with Gasteiger partial charge in [-0.25, -0.2) is 13.1 Å². The molecule has 0 amide bonds. The van der Waals surface area contributed by atoms with Gasteiger partial charge in [-0.05, 0) is 31.4 Å². The van der Waals surface area contributed by atoms with Crippen LogP contribution < -0.4 is 4.72 Å². The van der Waals surface area contributed by atoms with Crippen LogP contribution in [0.5, 0.6) is 0 Å². The molecule has 1 aromatic rings. The number of nitrogens with one attached hydrogen (secondary N) is 1. The van der Waals surface area contributed by atoms with Crippen LogP contribution in [0.25, 0.3) is 0 Å². The van der Waals surface area contributed by atoms with E-state index in [9.17, 15) is 8.42 Å². The predicted octanol–water partition coefficient (Wildman–Crippen LogP) is 1.79. The van der Waals surface area contributed by atoms with Crippen molar-refractivity contribution in [3.05, 3.63) is 29.8 Å². The van der Waals surface area contributed by atoms with Gasteiger partial charge in [0.15, 0.2) is 0 Å². The van der Waals surface area contributed by atoms with Crippen molar-refractivity contribution in [2.45, 2.75) is 42.7 Å². The highest BCUT2D eigenvalue weighted by atomic mass is 32.2. The molecular weight excluding hydrogens is 288 g/mol. The van der Waals surface area contributed by atoms with Crippen molar-refractivity contribution in [2.75, 3.05) is 7.11 Å². The quantitative estimate of drug-likeness (QED) is 0.920. The number of methoxy groups -OCH3 is 1. The summed E-state index contributed by atoms with van der Waals surface area (Å²) >= 11 is 0. The Hall–Kier alpha value is -1.42. The number of benzene rings is 1. The molecule has 21 heavy (non-hydrogen) atoms. The number of rotatable bonds is 4. The first-order chi connectivity index (χ1) is 10.0. The zero-order valence-electron chi connectivity index (χ0n) is 11.9. The molecule has 0 radical (unpaired) electrons. The van der Waals surface area contributed by atoms with Crippen LogP contribution >= 0.6 is 0 Å². The topological polar surface area (TPSA) is 79.2 Å². The summed E-state index contributed by atoms with van der Waals surface area (Å²) in [5.41, 5.74) is 0.138. The summed E-state index contributed by atoms with van der Waals surface area (Å²) in [4.78, 5) is 0.0582. The standard InChI is InChI=1S/C15H18N2O3S/c1-20-14-9-13(15(14)7-4-8-15)17-21(18,19)12-6-3-2-5-11(12)10-16/h2-3,5-6,13-14,17H,4,7-9H2,1H3/t13-,14-/m1/s1. The van der Waals surface area contributed by atoms with Crippen molar-refractivity contribution in [2.24, 2.45) is 5.41 Å². The fourth-order valence-corrected chi connectivity index (χ4v) is 5.04. The monoisotopic (exact) mass is 306 g/mol. The second-order valence-electron chi connectivity index (χ2n) is 5.83. The van der Waals surface area contributed by atoms with Crippen molar-refractivity contribution in [3.8, 4) is 6.07 Å². The van der Waals surface area contributed by atoms with Crippen LogP contribution in [-0.4, -0.2) is 27.7 Å². The molecule has 2 aliphatic carbocycles. The molecule has 0 bridgehead atoms. The van der Waals surface area contributed by atoms with Crippen molar-refractivity contribution < 1.29 is 13.2 Å². The maximum atomic E-state index is 12.5. The van der Waals surface area contributed by atoms with Crippen LogP contribution in [0.4, 0.5) is 0 Å². The van der Waals surface area contributed by atoms with Crippen LogP contribution in [0, 0.1) is 16.7 Å². The van der Waals surface area contributed by atoms with Crippen LogP contribution in [0.2, 0.25) is 0 Å². The molecule has 112 valence electrons. The third kappa shape index (κ3) is 2.16. The number of ether oxygens (including phenoxy) is 1. The van der Waals surface area contributed by atoms with Gasteiger partial charge in [0, 0.05) is 18.6 Å². The van der Waals surface area contributed by atoms with Crippen LogP contribution in [0.3, 0.4) is 0 Å². The van der Waals surface area contributed by atoms with Gasteiger partial charge in [0.25, 0.3) is 0 Å². The smallest absolute Gasteiger partial charge is 0.242 e. The van der Waals surface area contributed by atoms with E-state index in [2.05, 4.69) is 4.72 Å². The van der Waals surface area contributed by atoms with Crippen molar-refractivity contribution in [3.63, 3.8) is 0 Å². The molecule has 2 atom stereocenters. The van der Waals surface area contributed by atoms with Gasteiger partial charge in [0.05, 0.1) is 16.6 Å². The summed E-state index contributed by atoms with van der Waals surface area (Å²) < 4.78 is 33.3. The minimum Gasteiger partial charge on any atom is -0.381 e. The molecule has 1 spiro atoms.